The Balaban J connectivity index is 0.977. The van der Waals surface area contributed by atoms with Gasteiger partial charge in [-0.3, -0.25) is 0 Å². The van der Waals surface area contributed by atoms with E-state index in [-0.39, 0.29) is 0 Å². The molecule has 0 spiro atoms. The van der Waals surface area contributed by atoms with Gasteiger partial charge in [0.15, 0.2) is 0 Å². The Labute approximate surface area is 369 Å². The van der Waals surface area contributed by atoms with Crippen molar-refractivity contribution in [3.63, 3.8) is 0 Å². The number of anilines is 1. The Morgan fingerprint density at radius 1 is 0.381 bits per heavy atom. The summed E-state index contributed by atoms with van der Waals surface area (Å²) in [5, 5.41) is 5.89. The maximum Gasteiger partial charge on any atom is 0.0714 e. The number of hydrogen-bond donors (Lipinski definition) is 1. The van der Waals surface area contributed by atoms with Gasteiger partial charge >= 0.3 is 0 Å². The first-order chi connectivity index (χ1) is 31.3. The van der Waals surface area contributed by atoms with Crippen LogP contribution in [0.4, 0.5) is 5.69 Å². The van der Waals surface area contributed by atoms with Crippen LogP contribution < -0.4 is 5.32 Å². The summed E-state index contributed by atoms with van der Waals surface area (Å²) in [6.07, 6.45) is 12.2. The molecule has 2 nitrogen and oxygen atoms in total. The molecule has 1 N–H and O–H groups in total. The molecule has 63 heavy (non-hydrogen) atoms. The van der Waals surface area contributed by atoms with E-state index in [1.807, 2.05) is 42.6 Å². The molecule has 1 aromatic heterocycles. The van der Waals surface area contributed by atoms with Gasteiger partial charge in [0, 0.05) is 28.3 Å². The topological polar surface area (TPSA) is 17.0 Å². The van der Waals surface area contributed by atoms with Crippen LogP contribution in [-0.2, 0) is 5.41 Å². The van der Waals surface area contributed by atoms with E-state index in [0.717, 1.165) is 11.4 Å². The monoisotopic (exact) mass is 804 g/mol. The second kappa shape index (κ2) is 16.3. The lowest BCUT2D eigenvalue weighted by Crippen LogP contribution is -2.28. The average molecular weight is 805 g/mol. The number of fused-ring (bicyclic) bond motifs is 6. The first kappa shape index (κ1) is 37.8. The smallest absolute Gasteiger partial charge is 0.0714 e. The van der Waals surface area contributed by atoms with E-state index < -0.39 is 5.41 Å². The predicted molar refractivity (Wildman–Crippen MR) is 266 cm³/mol. The van der Waals surface area contributed by atoms with Crippen LogP contribution in [0.5, 0.6) is 0 Å². The van der Waals surface area contributed by atoms with Crippen LogP contribution in [0.3, 0.4) is 0 Å². The molecule has 9 aromatic carbocycles. The first-order valence-electron chi connectivity index (χ1n) is 21.7. The fraction of sp³-hybridized carbons (Fsp3) is 0.0164. The van der Waals surface area contributed by atoms with Gasteiger partial charge in [0.25, 0.3) is 0 Å². The number of allylic oxidation sites excluding steroid dienone is 4. The zero-order chi connectivity index (χ0) is 42.0. The summed E-state index contributed by atoms with van der Waals surface area (Å²) < 4.78 is 2.48. The summed E-state index contributed by atoms with van der Waals surface area (Å²) in [6, 6.07) is 81.8. The van der Waals surface area contributed by atoms with Crippen LogP contribution in [-0.4, -0.2) is 4.57 Å². The van der Waals surface area contributed by atoms with Gasteiger partial charge in [-0.25, -0.2) is 0 Å². The van der Waals surface area contributed by atoms with Gasteiger partial charge < -0.3 is 9.88 Å². The molecule has 1 aliphatic carbocycles. The molecule has 0 amide bonds. The maximum absolute atomic E-state index is 3.42. The normalized spacial score (nSPS) is 13.0. The van der Waals surface area contributed by atoms with Crippen molar-refractivity contribution in [1.29, 1.82) is 0 Å². The lowest BCUT2D eigenvalue weighted by Gasteiger charge is -2.34. The lowest BCUT2D eigenvalue weighted by molar-refractivity contribution is 0.767. The van der Waals surface area contributed by atoms with E-state index in [4.69, 9.17) is 0 Å². The average Bonchev–Trinajstić information content (AvgIpc) is 3.85. The third kappa shape index (κ3) is 6.70. The van der Waals surface area contributed by atoms with Crippen LogP contribution in [0.2, 0.25) is 0 Å². The molecule has 0 saturated carbocycles. The van der Waals surface area contributed by atoms with Crippen LogP contribution in [0.15, 0.2) is 255 Å². The van der Waals surface area contributed by atoms with E-state index in [9.17, 15) is 0 Å². The highest BCUT2D eigenvalue weighted by Crippen LogP contribution is 2.56. The Kier molecular flexibility index (Phi) is 9.80. The number of para-hydroxylation sites is 1. The molecule has 1 heterocycles. The number of hydrogen-bond acceptors (Lipinski definition) is 1. The third-order valence-corrected chi connectivity index (χ3v) is 12.6. The summed E-state index contributed by atoms with van der Waals surface area (Å²) in [5.74, 6) is 0. The van der Waals surface area contributed by atoms with Crippen molar-refractivity contribution in [1.82, 2.24) is 4.57 Å². The van der Waals surface area contributed by atoms with Crippen molar-refractivity contribution in [2.45, 2.75) is 5.41 Å². The van der Waals surface area contributed by atoms with Crippen molar-refractivity contribution in [2.75, 3.05) is 5.32 Å². The van der Waals surface area contributed by atoms with Crippen LogP contribution in [0.25, 0.3) is 66.9 Å². The van der Waals surface area contributed by atoms with Gasteiger partial charge in [0.2, 0.25) is 0 Å². The van der Waals surface area contributed by atoms with Crippen molar-refractivity contribution >= 4 is 33.6 Å². The van der Waals surface area contributed by atoms with Crippen molar-refractivity contribution < 1.29 is 0 Å². The van der Waals surface area contributed by atoms with Gasteiger partial charge in [-0.15, -0.1) is 0 Å². The van der Waals surface area contributed by atoms with Crippen LogP contribution >= 0.6 is 0 Å². The minimum absolute atomic E-state index is 0.480. The molecule has 0 radical (unpaired) electrons. The zero-order valence-corrected chi connectivity index (χ0v) is 34.8. The zero-order valence-electron chi connectivity index (χ0n) is 34.8. The quantitative estimate of drug-likeness (QED) is 0.136. The molecular weight excluding hydrogens is 761 g/mol. The van der Waals surface area contributed by atoms with Gasteiger partial charge in [-0.1, -0.05) is 212 Å². The molecule has 1 aliphatic rings. The highest BCUT2D eigenvalue weighted by Gasteiger charge is 2.46. The van der Waals surface area contributed by atoms with E-state index in [2.05, 4.69) is 228 Å². The van der Waals surface area contributed by atoms with E-state index >= 15 is 0 Å². The molecule has 0 saturated heterocycles. The highest BCUT2D eigenvalue weighted by atomic mass is 15.0. The molecule has 0 aliphatic heterocycles. The summed E-state index contributed by atoms with van der Waals surface area (Å²) in [6.45, 7) is 0. The molecule has 0 atom stereocenters. The minimum atomic E-state index is -0.480. The summed E-state index contributed by atoms with van der Waals surface area (Å²) in [4.78, 5) is 0. The number of benzene rings is 9. The van der Waals surface area contributed by atoms with Crippen molar-refractivity contribution in [3.05, 3.63) is 283 Å². The number of nitrogens with zero attached hydrogens (tertiary/aromatic N) is 1. The fourth-order valence-electron chi connectivity index (χ4n) is 9.78. The van der Waals surface area contributed by atoms with Gasteiger partial charge in [-0.2, -0.15) is 0 Å². The molecule has 11 rings (SSSR count). The summed E-state index contributed by atoms with van der Waals surface area (Å²) >= 11 is 0. The van der Waals surface area contributed by atoms with E-state index in [1.165, 1.54) is 83.0 Å². The largest absolute Gasteiger partial charge is 0.362 e. The van der Waals surface area contributed by atoms with Crippen LogP contribution in [0, 0.1) is 0 Å². The number of nitrogens with one attached hydrogen (secondary N) is 1. The molecular formula is C61H44N2. The first-order valence-corrected chi connectivity index (χ1v) is 21.7. The Hall–Kier alpha value is -8.20. The molecule has 0 unspecified atom stereocenters. The number of rotatable bonds is 10. The Morgan fingerprint density at radius 3 is 1.70 bits per heavy atom. The fourth-order valence-corrected chi connectivity index (χ4v) is 9.78. The Bertz CT molecular complexity index is 3290. The van der Waals surface area contributed by atoms with Crippen molar-refractivity contribution in [3.8, 4) is 39.1 Å². The summed E-state index contributed by atoms with van der Waals surface area (Å²) in [5.41, 5.74) is 17.7. The van der Waals surface area contributed by atoms with Gasteiger partial charge in [0.1, 0.15) is 0 Å². The maximum atomic E-state index is 3.42. The SMILES string of the molecule is C(/C=C\c1ccccc1)=C/C=C/Nc1ccc(-c2ccccc2-c2ccc3c4ccccc4n(-c4ccc5c(c4)C(c4ccccc4)(c4ccccc4)c4ccccc4-5)c3c2)cc1. The van der Waals surface area contributed by atoms with E-state index in [0.29, 0.717) is 0 Å². The minimum Gasteiger partial charge on any atom is -0.362 e. The molecule has 298 valence electrons. The van der Waals surface area contributed by atoms with E-state index in [1.54, 1.807) is 0 Å². The van der Waals surface area contributed by atoms with Crippen LogP contribution in [0.1, 0.15) is 27.8 Å². The predicted octanol–water partition coefficient (Wildman–Crippen LogP) is 15.7. The van der Waals surface area contributed by atoms with Gasteiger partial charge in [-0.05, 0) is 104 Å². The highest BCUT2D eigenvalue weighted by molar-refractivity contribution is 6.10. The molecule has 2 heteroatoms. The molecule has 0 fully saturated rings. The molecule has 0 bridgehead atoms. The number of aromatic nitrogens is 1. The van der Waals surface area contributed by atoms with Gasteiger partial charge in [0.05, 0.1) is 16.4 Å². The summed E-state index contributed by atoms with van der Waals surface area (Å²) in [7, 11) is 0. The standard InChI is InChI=1S/C61H44N2/c1(6-20-44-21-7-3-8-22-44)2-19-41-62-49-36-33-45(34-37-49)51-27-13-14-28-52(51)46-35-39-56-55-30-16-18-32-59(55)63(60(56)42-46)50-38-40-54-53-29-15-17-31-57(53)61(58(54)43-50,47-23-9-4-10-24-47)48-25-11-5-12-26-48/h1-43,62H/b2-1-,20-6-,41-19+. The third-order valence-electron chi connectivity index (χ3n) is 12.6. The lowest BCUT2D eigenvalue weighted by atomic mass is 9.67. The molecule has 10 aromatic rings. The Morgan fingerprint density at radius 2 is 0.952 bits per heavy atom. The second-order valence-corrected chi connectivity index (χ2v) is 16.1. The van der Waals surface area contributed by atoms with Crippen molar-refractivity contribution in [2.24, 2.45) is 0 Å². The second-order valence-electron chi connectivity index (χ2n) is 16.1.